The Morgan fingerprint density at radius 1 is 1.08 bits per heavy atom. The van der Waals surface area contributed by atoms with Gasteiger partial charge in [-0.3, -0.25) is 9.59 Å². The van der Waals surface area contributed by atoms with Crippen molar-refractivity contribution in [3.63, 3.8) is 0 Å². The van der Waals surface area contributed by atoms with E-state index >= 15 is 0 Å². The van der Waals surface area contributed by atoms with Gasteiger partial charge in [0.2, 0.25) is 0 Å². The fraction of sp³-hybridized carbons (Fsp3) is 0.222. The van der Waals surface area contributed by atoms with Gasteiger partial charge in [0.1, 0.15) is 12.6 Å². The lowest BCUT2D eigenvalue weighted by Crippen LogP contribution is -2.48. The normalized spacial score (nSPS) is 11.8. The molecule has 0 saturated heterocycles. The van der Waals surface area contributed by atoms with Gasteiger partial charge in [0.25, 0.3) is 11.8 Å². The van der Waals surface area contributed by atoms with Crippen LogP contribution in [0.5, 0.6) is 11.5 Å². The molecule has 3 aromatic rings. The summed E-state index contributed by atoms with van der Waals surface area (Å²) in [5, 5.41) is 7.34. The summed E-state index contributed by atoms with van der Waals surface area (Å²) in [5.41, 5.74) is 4.62. The number of ether oxygens (including phenoxy) is 2. The fourth-order valence-electron chi connectivity index (χ4n) is 3.28. The third kappa shape index (κ3) is 7.57. The number of hydrazone groups is 1. The minimum absolute atomic E-state index is 0.160. The van der Waals surface area contributed by atoms with Gasteiger partial charge in [-0.1, -0.05) is 55.8 Å². The number of benzene rings is 3. The molecular weight excluding hydrogens is 546 g/mol. The second-order valence-corrected chi connectivity index (χ2v) is 9.54. The molecule has 0 fully saturated rings. The lowest BCUT2D eigenvalue weighted by Gasteiger charge is -2.20. The molecule has 188 valence electrons. The molecule has 0 aliphatic heterocycles. The van der Waals surface area contributed by atoms with Crippen LogP contribution in [0.1, 0.15) is 35.3 Å². The Morgan fingerprint density at radius 2 is 1.78 bits per heavy atom. The first kappa shape index (κ1) is 27.2. The first-order valence-electron chi connectivity index (χ1n) is 11.2. The molecule has 36 heavy (non-hydrogen) atoms. The fourth-order valence-corrected chi connectivity index (χ4v) is 3.99. The van der Waals surface area contributed by atoms with Crippen LogP contribution in [-0.4, -0.2) is 31.2 Å². The van der Waals surface area contributed by atoms with E-state index in [1.165, 1.54) is 6.21 Å². The molecule has 1 unspecified atom stereocenters. The van der Waals surface area contributed by atoms with Crippen LogP contribution in [0.4, 0.5) is 0 Å². The van der Waals surface area contributed by atoms with Crippen molar-refractivity contribution >= 4 is 45.6 Å². The maximum atomic E-state index is 12.7. The van der Waals surface area contributed by atoms with E-state index in [-0.39, 0.29) is 11.8 Å². The zero-order valence-electron chi connectivity index (χ0n) is 20.1. The summed E-state index contributed by atoms with van der Waals surface area (Å²) >= 11 is 9.40. The van der Waals surface area contributed by atoms with Gasteiger partial charge in [-0.05, 0) is 69.4 Å². The van der Waals surface area contributed by atoms with Gasteiger partial charge in [0.15, 0.2) is 11.5 Å². The van der Waals surface area contributed by atoms with Crippen LogP contribution in [0.25, 0.3) is 0 Å². The summed E-state index contributed by atoms with van der Waals surface area (Å²) < 4.78 is 12.1. The maximum Gasteiger partial charge on any atom is 0.262 e. The molecule has 0 spiro atoms. The Labute approximate surface area is 224 Å². The molecule has 0 aliphatic rings. The Morgan fingerprint density at radius 3 is 2.42 bits per heavy atom. The van der Waals surface area contributed by atoms with E-state index in [4.69, 9.17) is 21.1 Å². The molecule has 0 bridgehead atoms. The van der Waals surface area contributed by atoms with E-state index in [1.807, 2.05) is 44.2 Å². The van der Waals surface area contributed by atoms with Crippen molar-refractivity contribution in [3.8, 4) is 11.5 Å². The number of nitrogens with zero attached hydrogens (tertiary/aromatic N) is 1. The van der Waals surface area contributed by atoms with E-state index in [0.29, 0.717) is 38.7 Å². The van der Waals surface area contributed by atoms with Crippen LogP contribution in [-0.2, 0) is 11.4 Å². The van der Waals surface area contributed by atoms with E-state index in [9.17, 15) is 9.59 Å². The van der Waals surface area contributed by atoms with Crippen LogP contribution >= 0.6 is 27.5 Å². The molecule has 0 aliphatic carbocycles. The highest BCUT2D eigenvalue weighted by atomic mass is 79.9. The quantitative estimate of drug-likeness (QED) is 0.245. The highest BCUT2D eigenvalue weighted by Gasteiger charge is 2.24. The van der Waals surface area contributed by atoms with E-state index in [2.05, 4.69) is 31.8 Å². The van der Waals surface area contributed by atoms with Crippen molar-refractivity contribution in [2.45, 2.75) is 26.5 Å². The molecule has 0 aromatic heterocycles. The van der Waals surface area contributed by atoms with Gasteiger partial charge in [-0.25, -0.2) is 5.43 Å². The number of halogens is 2. The molecule has 7 nitrogen and oxygen atoms in total. The van der Waals surface area contributed by atoms with Crippen LogP contribution in [0.2, 0.25) is 5.02 Å². The standard InChI is InChI=1S/C27H27BrClN3O4/c1-17(2)24(31-26(33)20-9-11-21(29)12-10-20)27(34)32-30-15-19-13-22(28)25(23(14-19)35-3)36-16-18-7-5-4-6-8-18/h4-15,17,24H,16H2,1-3H3,(H,31,33)(H,32,34). The molecule has 3 rings (SSSR count). The largest absolute Gasteiger partial charge is 0.493 e. The zero-order chi connectivity index (χ0) is 26.1. The van der Waals surface area contributed by atoms with Gasteiger partial charge >= 0.3 is 0 Å². The van der Waals surface area contributed by atoms with Gasteiger partial charge in [-0.2, -0.15) is 5.10 Å². The van der Waals surface area contributed by atoms with Crippen molar-refractivity contribution in [2.24, 2.45) is 11.0 Å². The van der Waals surface area contributed by atoms with Crippen molar-refractivity contribution in [3.05, 3.63) is 92.9 Å². The lowest BCUT2D eigenvalue weighted by atomic mass is 10.0. The summed E-state index contributed by atoms with van der Waals surface area (Å²) in [7, 11) is 1.55. The summed E-state index contributed by atoms with van der Waals surface area (Å²) in [6.45, 7) is 4.07. The summed E-state index contributed by atoms with van der Waals surface area (Å²) in [6.07, 6.45) is 1.49. The van der Waals surface area contributed by atoms with E-state index in [0.717, 1.165) is 5.56 Å². The van der Waals surface area contributed by atoms with Crippen molar-refractivity contribution < 1.29 is 19.1 Å². The second kappa shape index (κ2) is 13.1. The molecule has 2 amide bonds. The Hall–Kier alpha value is -3.36. The number of rotatable bonds is 10. The Bertz CT molecular complexity index is 1220. The highest BCUT2D eigenvalue weighted by Crippen LogP contribution is 2.36. The number of hydrogen-bond acceptors (Lipinski definition) is 5. The van der Waals surface area contributed by atoms with Gasteiger partial charge in [0.05, 0.1) is 17.8 Å². The second-order valence-electron chi connectivity index (χ2n) is 8.24. The third-order valence-corrected chi connectivity index (χ3v) is 6.05. The average Bonchev–Trinajstić information content (AvgIpc) is 2.87. The van der Waals surface area contributed by atoms with Crippen LogP contribution in [0, 0.1) is 5.92 Å². The van der Waals surface area contributed by atoms with Crippen molar-refractivity contribution in [2.75, 3.05) is 7.11 Å². The van der Waals surface area contributed by atoms with Gasteiger partial charge < -0.3 is 14.8 Å². The summed E-state index contributed by atoms with van der Waals surface area (Å²) in [4.78, 5) is 25.3. The molecule has 9 heteroatoms. The van der Waals surface area contributed by atoms with Crippen LogP contribution in [0.3, 0.4) is 0 Å². The Balaban J connectivity index is 1.65. The van der Waals surface area contributed by atoms with E-state index < -0.39 is 11.9 Å². The lowest BCUT2D eigenvalue weighted by molar-refractivity contribution is -0.123. The molecule has 0 saturated carbocycles. The molecule has 0 radical (unpaired) electrons. The van der Waals surface area contributed by atoms with Gasteiger partial charge in [-0.15, -0.1) is 0 Å². The predicted octanol–water partition coefficient (Wildman–Crippen LogP) is 5.59. The SMILES string of the molecule is COc1cc(C=NNC(=O)C(NC(=O)c2ccc(Cl)cc2)C(C)C)cc(Br)c1OCc1ccccc1. The highest BCUT2D eigenvalue weighted by molar-refractivity contribution is 9.10. The molecule has 1 atom stereocenters. The number of methoxy groups -OCH3 is 1. The monoisotopic (exact) mass is 571 g/mol. The Kier molecular flexibility index (Phi) is 9.90. The minimum Gasteiger partial charge on any atom is -0.493 e. The smallest absolute Gasteiger partial charge is 0.262 e. The molecule has 2 N–H and O–H groups in total. The zero-order valence-corrected chi connectivity index (χ0v) is 22.5. The number of hydrogen-bond donors (Lipinski definition) is 2. The first-order valence-corrected chi connectivity index (χ1v) is 12.4. The molecular formula is C27H27BrClN3O4. The average molecular weight is 573 g/mol. The maximum absolute atomic E-state index is 12.7. The van der Waals surface area contributed by atoms with Crippen LogP contribution in [0.15, 0.2) is 76.3 Å². The third-order valence-electron chi connectivity index (χ3n) is 5.21. The topological polar surface area (TPSA) is 89.0 Å². The van der Waals surface area contributed by atoms with Crippen LogP contribution < -0.4 is 20.2 Å². The predicted molar refractivity (Wildman–Crippen MR) is 145 cm³/mol. The van der Waals surface area contributed by atoms with Crippen molar-refractivity contribution in [1.29, 1.82) is 0 Å². The van der Waals surface area contributed by atoms with Gasteiger partial charge in [0, 0.05) is 10.6 Å². The minimum atomic E-state index is -0.777. The molecule has 0 heterocycles. The van der Waals surface area contributed by atoms with E-state index in [1.54, 1.807) is 43.5 Å². The number of nitrogens with one attached hydrogen (secondary N) is 2. The number of carbonyl (C=O) groups is 2. The number of carbonyl (C=O) groups excluding carboxylic acids is 2. The summed E-state index contributed by atoms with van der Waals surface area (Å²) in [5.74, 6) is 0.115. The summed E-state index contributed by atoms with van der Waals surface area (Å²) in [6, 6.07) is 19.0. The molecule has 3 aromatic carbocycles. The first-order chi connectivity index (χ1) is 17.3. The number of amides is 2. The van der Waals surface area contributed by atoms with Crippen molar-refractivity contribution in [1.82, 2.24) is 10.7 Å².